The van der Waals surface area contributed by atoms with Gasteiger partial charge in [-0.1, -0.05) is 29.8 Å². The van der Waals surface area contributed by atoms with Crippen LogP contribution in [0, 0.1) is 18.8 Å². The molecule has 2 heterocycles. The standard InChI is InChI=1S/C25H34N2O5/c1-5-32-25(30)20-10-12-26(13-11-20)23(19-8-6-17(2)7-9-19)22-21(28)16-18(3)27(24(22)29)14-15-31-4/h6-9,16,20,22-23H,5,10-15H2,1-4H3. The van der Waals surface area contributed by atoms with E-state index in [-0.39, 0.29) is 29.6 Å². The Morgan fingerprint density at radius 1 is 1.12 bits per heavy atom. The van der Waals surface area contributed by atoms with Gasteiger partial charge in [0.05, 0.1) is 25.2 Å². The van der Waals surface area contributed by atoms with Gasteiger partial charge >= 0.3 is 5.97 Å². The maximum atomic E-state index is 13.5. The van der Waals surface area contributed by atoms with Crippen LogP contribution in [-0.4, -0.2) is 67.4 Å². The number of esters is 1. The molecule has 1 aromatic rings. The Kier molecular flexibility index (Phi) is 8.21. The van der Waals surface area contributed by atoms with Gasteiger partial charge in [0.25, 0.3) is 0 Å². The first-order chi connectivity index (χ1) is 15.4. The van der Waals surface area contributed by atoms with Crippen molar-refractivity contribution in [1.82, 2.24) is 9.80 Å². The third kappa shape index (κ3) is 5.27. The molecule has 32 heavy (non-hydrogen) atoms. The van der Waals surface area contributed by atoms with Crippen LogP contribution in [0.3, 0.4) is 0 Å². The Hall–Kier alpha value is -2.51. The van der Waals surface area contributed by atoms with E-state index in [2.05, 4.69) is 4.90 Å². The van der Waals surface area contributed by atoms with Crippen LogP contribution < -0.4 is 0 Å². The van der Waals surface area contributed by atoms with Gasteiger partial charge in [-0.05, 0) is 52.3 Å². The number of nitrogens with zero attached hydrogens (tertiary/aromatic N) is 2. The molecule has 1 saturated heterocycles. The van der Waals surface area contributed by atoms with Crippen LogP contribution in [0.25, 0.3) is 0 Å². The number of rotatable bonds is 8. The molecule has 0 aromatic heterocycles. The summed E-state index contributed by atoms with van der Waals surface area (Å²) in [4.78, 5) is 42.7. The average Bonchev–Trinajstić information content (AvgIpc) is 2.77. The molecule has 1 fully saturated rings. The second-order valence-electron chi connectivity index (χ2n) is 8.57. The number of hydrogen-bond acceptors (Lipinski definition) is 6. The van der Waals surface area contributed by atoms with Crippen LogP contribution in [0.2, 0.25) is 0 Å². The fourth-order valence-corrected chi connectivity index (χ4v) is 4.65. The quantitative estimate of drug-likeness (QED) is 0.455. The molecule has 1 amide bonds. The van der Waals surface area contributed by atoms with E-state index >= 15 is 0 Å². The molecular weight excluding hydrogens is 408 g/mol. The summed E-state index contributed by atoms with van der Waals surface area (Å²) in [5, 5.41) is 0. The van der Waals surface area contributed by atoms with Crippen molar-refractivity contribution < 1.29 is 23.9 Å². The van der Waals surface area contributed by atoms with E-state index in [9.17, 15) is 14.4 Å². The topological polar surface area (TPSA) is 76.2 Å². The van der Waals surface area contributed by atoms with Crippen LogP contribution in [0.15, 0.2) is 36.0 Å². The van der Waals surface area contributed by atoms with Gasteiger partial charge in [0, 0.05) is 25.4 Å². The summed E-state index contributed by atoms with van der Waals surface area (Å²) in [7, 11) is 1.60. The molecule has 0 bridgehead atoms. The molecule has 2 aliphatic heterocycles. The van der Waals surface area contributed by atoms with Crippen molar-refractivity contribution >= 4 is 17.7 Å². The number of amides is 1. The molecular formula is C25H34N2O5. The van der Waals surface area contributed by atoms with Gasteiger partial charge in [0.2, 0.25) is 5.91 Å². The summed E-state index contributed by atoms with van der Waals surface area (Å²) in [5.41, 5.74) is 2.71. The van der Waals surface area contributed by atoms with E-state index in [1.807, 2.05) is 38.1 Å². The van der Waals surface area contributed by atoms with Crippen molar-refractivity contribution in [2.75, 3.05) is 40.0 Å². The first-order valence-corrected chi connectivity index (χ1v) is 11.4. The molecule has 0 radical (unpaired) electrons. The number of ether oxygens (including phenoxy) is 2. The minimum absolute atomic E-state index is 0.136. The summed E-state index contributed by atoms with van der Waals surface area (Å²) >= 11 is 0. The minimum Gasteiger partial charge on any atom is -0.466 e. The van der Waals surface area contributed by atoms with Crippen molar-refractivity contribution in [3.8, 4) is 0 Å². The van der Waals surface area contributed by atoms with E-state index in [0.717, 1.165) is 11.1 Å². The van der Waals surface area contributed by atoms with Gasteiger partial charge < -0.3 is 14.4 Å². The highest BCUT2D eigenvalue weighted by molar-refractivity contribution is 6.10. The van der Waals surface area contributed by atoms with Crippen molar-refractivity contribution in [3.63, 3.8) is 0 Å². The largest absolute Gasteiger partial charge is 0.466 e. The van der Waals surface area contributed by atoms with E-state index in [1.165, 1.54) is 0 Å². The number of hydrogen-bond donors (Lipinski definition) is 0. The summed E-state index contributed by atoms with van der Waals surface area (Å²) in [5.74, 6) is -1.47. The Labute approximate surface area is 190 Å². The fourth-order valence-electron chi connectivity index (χ4n) is 4.65. The first-order valence-electron chi connectivity index (χ1n) is 11.4. The highest BCUT2D eigenvalue weighted by Crippen LogP contribution is 2.37. The monoisotopic (exact) mass is 442 g/mol. The van der Waals surface area contributed by atoms with Gasteiger partial charge in [0.1, 0.15) is 5.92 Å². The summed E-state index contributed by atoms with van der Waals surface area (Å²) in [6.45, 7) is 8.04. The van der Waals surface area contributed by atoms with Crippen LogP contribution in [0.5, 0.6) is 0 Å². The molecule has 0 spiro atoms. The zero-order valence-electron chi connectivity index (χ0n) is 19.5. The number of benzene rings is 1. The highest BCUT2D eigenvalue weighted by atomic mass is 16.5. The number of carbonyl (C=O) groups is 3. The second-order valence-corrected chi connectivity index (χ2v) is 8.57. The normalized spacial score (nSPS) is 21.4. The van der Waals surface area contributed by atoms with Gasteiger partial charge in [0.15, 0.2) is 5.78 Å². The van der Waals surface area contributed by atoms with Gasteiger partial charge in [-0.15, -0.1) is 0 Å². The number of allylic oxidation sites excluding steroid dienone is 2. The Morgan fingerprint density at radius 2 is 1.78 bits per heavy atom. The van der Waals surface area contributed by atoms with Crippen LogP contribution in [0.4, 0.5) is 0 Å². The number of carbonyl (C=O) groups excluding carboxylic acids is 3. The maximum absolute atomic E-state index is 13.5. The molecule has 3 rings (SSSR count). The van der Waals surface area contributed by atoms with Gasteiger partial charge in [-0.3, -0.25) is 19.3 Å². The maximum Gasteiger partial charge on any atom is 0.309 e. The Bertz CT molecular complexity index is 856. The smallest absolute Gasteiger partial charge is 0.309 e. The predicted molar refractivity (Wildman–Crippen MR) is 121 cm³/mol. The molecule has 0 aliphatic carbocycles. The molecule has 174 valence electrons. The lowest BCUT2D eigenvalue weighted by atomic mass is 9.82. The molecule has 2 unspecified atom stereocenters. The summed E-state index contributed by atoms with van der Waals surface area (Å²) < 4.78 is 10.4. The molecule has 0 N–H and O–H groups in total. The SMILES string of the molecule is CCOC(=O)C1CCN(C(c2ccc(C)cc2)C2C(=O)C=C(C)N(CCOC)C2=O)CC1. The predicted octanol–water partition coefficient (Wildman–Crippen LogP) is 2.89. The zero-order valence-corrected chi connectivity index (χ0v) is 19.5. The van der Waals surface area contributed by atoms with E-state index < -0.39 is 5.92 Å². The minimum atomic E-state index is -0.822. The van der Waals surface area contributed by atoms with Crippen molar-refractivity contribution in [2.24, 2.45) is 11.8 Å². The van der Waals surface area contributed by atoms with Crippen LogP contribution in [-0.2, 0) is 23.9 Å². The highest BCUT2D eigenvalue weighted by Gasteiger charge is 2.44. The van der Waals surface area contributed by atoms with Crippen LogP contribution >= 0.6 is 0 Å². The molecule has 2 aliphatic rings. The molecule has 1 aromatic carbocycles. The third-order valence-corrected chi connectivity index (χ3v) is 6.41. The lowest BCUT2D eigenvalue weighted by Crippen LogP contribution is -2.51. The molecule has 7 nitrogen and oxygen atoms in total. The fraction of sp³-hybridized carbons (Fsp3) is 0.560. The Balaban J connectivity index is 1.90. The van der Waals surface area contributed by atoms with Crippen LogP contribution in [0.1, 0.15) is 43.9 Å². The van der Waals surface area contributed by atoms with E-state index in [0.29, 0.717) is 51.4 Å². The summed E-state index contributed by atoms with van der Waals surface area (Å²) in [6, 6.07) is 7.64. The zero-order chi connectivity index (χ0) is 23.3. The van der Waals surface area contributed by atoms with E-state index in [1.54, 1.807) is 25.0 Å². The Morgan fingerprint density at radius 3 is 2.38 bits per heavy atom. The number of piperidine rings is 1. The lowest BCUT2D eigenvalue weighted by molar-refractivity contribution is -0.151. The van der Waals surface area contributed by atoms with E-state index in [4.69, 9.17) is 9.47 Å². The molecule has 2 atom stereocenters. The average molecular weight is 443 g/mol. The number of methoxy groups -OCH3 is 1. The van der Waals surface area contributed by atoms with Crippen molar-refractivity contribution in [2.45, 2.75) is 39.7 Å². The number of likely N-dealkylation sites (tertiary alicyclic amines) is 1. The lowest BCUT2D eigenvalue weighted by Gasteiger charge is -2.42. The van der Waals surface area contributed by atoms with Gasteiger partial charge in [-0.25, -0.2) is 0 Å². The van der Waals surface area contributed by atoms with Gasteiger partial charge in [-0.2, -0.15) is 0 Å². The van der Waals surface area contributed by atoms with Crippen molar-refractivity contribution in [3.05, 3.63) is 47.2 Å². The number of aryl methyl sites for hydroxylation is 1. The van der Waals surface area contributed by atoms with Crippen molar-refractivity contribution in [1.29, 1.82) is 0 Å². The summed E-state index contributed by atoms with van der Waals surface area (Å²) in [6.07, 6.45) is 2.88. The second kappa shape index (κ2) is 10.9. The molecule has 0 saturated carbocycles. The molecule has 7 heteroatoms. The number of ketones is 1. The third-order valence-electron chi connectivity index (χ3n) is 6.41. The first kappa shape index (κ1) is 24.1.